The van der Waals surface area contributed by atoms with Crippen LogP contribution in [0.1, 0.15) is 47.2 Å². The van der Waals surface area contributed by atoms with Crippen molar-refractivity contribution < 1.29 is 4.42 Å². The van der Waals surface area contributed by atoms with Crippen LogP contribution >= 0.6 is 0 Å². The van der Waals surface area contributed by atoms with E-state index in [0.717, 1.165) is 11.2 Å². The highest BCUT2D eigenvalue weighted by Crippen LogP contribution is 2.52. The van der Waals surface area contributed by atoms with Crippen molar-refractivity contribution in [2.24, 2.45) is 0 Å². The van der Waals surface area contributed by atoms with E-state index >= 15 is 0 Å². The van der Waals surface area contributed by atoms with Crippen LogP contribution in [0.3, 0.4) is 0 Å². The van der Waals surface area contributed by atoms with Crippen LogP contribution in [-0.2, 0) is 5.41 Å². The van der Waals surface area contributed by atoms with Gasteiger partial charge < -0.3 is 4.42 Å². The molecule has 6 aromatic rings. The molecule has 5 aromatic carbocycles. The number of aryl methyl sites for hydroxylation is 4. The summed E-state index contributed by atoms with van der Waals surface area (Å²) in [4.78, 5) is 0. The van der Waals surface area contributed by atoms with Gasteiger partial charge in [-0.1, -0.05) is 139 Å². The monoisotopic (exact) mass is 496 g/mol. The predicted molar refractivity (Wildman–Crippen MR) is 163 cm³/mol. The molecule has 1 heterocycles. The Bertz CT molecular complexity index is 1700. The fourth-order valence-corrected chi connectivity index (χ4v) is 5.47. The van der Waals surface area contributed by atoms with Crippen molar-refractivity contribution in [1.82, 2.24) is 0 Å². The Morgan fingerprint density at radius 2 is 1.11 bits per heavy atom. The zero-order chi connectivity index (χ0) is 26.9. The van der Waals surface area contributed by atoms with Crippen molar-refractivity contribution in [3.8, 4) is 11.1 Å². The van der Waals surface area contributed by atoms with Gasteiger partial charge in [-0.25, -0.2) is 0 Å². The van der Waals surface area contributed by atoms with Crippen LogP contribution in [0.15, 0.2) is 114 Å². The summed E-state index contributed by atoms with van der Waals surface area (Å²) < 4.78 is 6.29. The van der Waals surface area contributed by atoms with E-state index in [2.05, 4.69) is 126 Å². The van der Waals surface area contributed by atoms with Crippen LogP contribution in [0.25, 0.3) is 33.1 Å². The van der Waals surface area contributed by atoms with Gasteiger partial charge in [-0.15, -0.1) is 0 Å². The van der Waals surface area contributed by atoms with Crippen LogP contribution in [0, 0.1) is 27.7 Å². The Hall–Kier alpha value is -4.10. The van der Waals surface area contributed by atoms with Crippen molar-refractivity contribution in [3.63, 3.8) is 0 Å². The van der Waals surface area contributed by atoms with Crippen molar-refractivity contribution in [1.29, 1.82) is 0 Å². The van der Waals surface area contributed by atoms with Crippen LogP contribution in [-0.4, -0.2) is 0 Å². The molecule has 38 heavy (non-hydrogen) atoms. The predicted octanol–water partition coefficient (Wildman–Crippen LogP) is 10.5. The second-order valence-electron chi connectivity index (χ2n) is 10.9. The molecule has 0 radical (unpaired) electrons. The van der Waals surface area contributed by atoms with E-state index in [9.17, 15) is 0 Å². The van der Waals surface area contributed by atoms with Gasteiger partial charge >= 0.3 is 0 Å². The molecule has 190 valence electrons. The Labute approximate surface area is 226 Å². The molecule has 7 rings (SSSR count). The molecule has 0 N–H and O–H groups in total. The van der Waals surface area contributed by atoms with Gasteiger partial charge in [0.2, 0.25) is 0 Å². The topological polar surface area (TPSA) is 13.1 Å². The van der Waals surface area contributed by atoms with Gasteiger partial charge in [0.15, 0.2) is 0 Å². The number of furan rings is 1. The summed E-state index contributed by atoms with van der Waals surface area (Å²) in [6, 6.07) is 38.3. The highest BCUT2D eigenvalue weighted by molar-refractivity contribution is 6.11. The minimum absolute atomic E-state index is 0.0194. The van der Waals surface area contributed by atoms with Crippen molar-refractivity contribution >= 4 is 21.9 Å². The molecule has 0 unspecified atom stereocenters. The van der Waals surface area contributed by atoms with Gasteiger partial charge in [0.05, 0.1) is 0 Å². The minimum Gasteiger partial charge on any atom is -0.455 e. The van der Waals surface area contributed by atoms with E-state index in [-0.39, 0.29) is 5.41 Å². The number of fused-ring (bicyclic) bond motifs is 7. The summed E-state index contributed by atoms with van der Waals surface area (Å²) >= 11 is 0. The van der Waals surface area contributed by atoms with Crippen LogP contribution in [0.2, 0.25) is 0 Å². The lowest BCUT2D eigenvalue weighted by atomic mass is 9.82. The molecular formula is C37H36O. The molecule has 1 aliphatic rings. The van der Waals surface area contributed by atoms with Gasteiger partial charge in [0, 0.05) is 21.8 Å². The molecule has 0 fully saturated rings. The molecule has 0 amide bonds. The van der Waals surface area contributed by atoms with Crippen molar-refractivity contribution in [3.05, 3.63) is 143 Å². The minimum atomic E-state index is 0.0194. The molecule has 0 saturated heterocycles. The number of benzene rings is 5. The Morgan fingerprint density at radius 1 is 0.500 bits per heavy atom. The SMILES string of the molecule is Cc1ccc2c(c1)-c1c(ccc3c1oc1ccccc13)C2(C)C.Cc1cccc(C)c1.Cc1ccccc1. The zero-order valence-electron chi connectivity index (χ0n) is 23.3. The highest BCUT2D eigenvalue weighted by atomic mass is 16.3. The zero-order valence-corrected chi connectivity index (χ0v) is 23.3. The van der Waals surface area contributed by atoms with Gasteiger partial charge in [-0.2, -0.15) is 0 Å². The first-order chi connectivity index (χ1) is 18.3. The van der Waals surface area contributed by atoms with Gasteiger partial charge in [-0.3, -0.25) is 0 Å². The Morgan fingerprint density at radius 3 is 1.74 bits per heavy atom. The quantitative estimate of drug-likeness (QED) is 0.204. The smallest absolute Gasteiger partial charge is 0.143 e. The summed E-state index contributed by atoms with van der Waals surface area (Å²) in [6.07, 6.45) is 0. The summed E-state index contributed by atoms with van der Waals surface area (Å²) in [6.45, 7) is 13.1. The molecule has 0 aliphatic heterocycles. The van der Waals surface area contributed by atoms with Crippen molar-refractivity contribution in [2.75, 3.05) is 0 Å². The average Bonchev–Trinajstić information content (AvgIpc) is 3.37. The number of rotatable bonds is 0. The maximum Gasteiger partial charge on any atom is 0.143 e. The first kappa shape index (κ1) is 25.5. The lowest BCUT2D eigenvalue weighted by molar-refractivity contribution is 0.653. The second-order valence-corrected chi connectivity index (χ2v) is 10.9. The molecule has 1 aromatic heterocycles. The molecule has 0 saturated carbocycles. The van der Waals surface area contributed by atoms with Crippen LogP contribution in [0.5, 0.6) is 0 Å². The van der Waals surface area contributed by atoms with Crippen molar-refractivity contribution in [2.45, 2.75) is 47.0 Å². The molecule has 0 bridgehead atoms. The lowest BCUT2D eigenvalue weighted by Gasteiger charge is -2.21. The first-order valence-electron chi connectivity index (χ1n) is 13.4. The number of para-hydroxylation sites is 1. The maximum absolute atomic E-state index is 6.29. The van der Waals surface area contributed by atoms with E-state index in [1.54, 1.807) is 0 Å². The maximum atomic E-state index is 6.29. The standard InChI is InChI=1S/C22H18O.C8H10.C7H8/c1-13-8-10-17-16(12-13)20-18(22(17,2)3)11-9-15-14-6-4-5-7-19(14)23-21(15)20;1-7-4-3-5-8(2)6-7;1-7-5-3-2-4-6-7/h4-12H,1-3H3;3-6H,1-2H3;2-6H,1H3. The third-order valence-corrected chi connectivity index (χ3v) is 7.45. The van der Waals surface area contributed by atoms with Crippen LogP contribution < -0.4 is 0 Å². The second kappa shape index (κ2) is 10.3. The molecule has 0 atom stereocenters. The fraction of sp³-hybridized carbons (Fsp3) is 0.189. The third kappa shape index (κ3) is 4.89. The molecule has 1 nitrogen and oxygen atoms in total. The van der Waals surface area contributed by atoms with E-state index < -0.39 is 0 Å². The Kier molecular flexibility index (Phi) is 6.95. The van der Waals surface area contributed by atoms with Gasteiger partial charge in [-0.05, 0) is 50.5 Å². The van der Waals surface area contributed by atoms with E-state index in [0.29, 0.717) is 0 Å². The first-order valence-corrected chi connectivity index (χ1v) is 13.4. The summed E-state index contributed by atoms with van der Waals surface area (Å²) in [7, 11) is 0. The van der Waals surface area contributed by atoms with E-state index in [1.165, 1.54) is 55.3 Å². The summed E-state index contributed by atoms with van der Waals surface area (Å²) in [5.41, 5.74) is 12.7. The molecule has 1 heteroatoms. The van der Waals surface area contributed by atoms with E-state index in [4.69, 9.17) is 4.42 Å². The Balaban J connectivity index is 0.000000160. The summed E-state index contributed by atoms with van der Waals surface area (Å²) in [5, 5.41) is 2.41. The van der Waals surface area contributed by atoms with Gasteiger partial charge in [0.25, 0.3) is 0 Å². The average molecular weight is 497 g/mol. The largest absolute Gasteiger partial charge is 0.455 e. The normalized spacial score (nSPS) is 12.7. The number of hydrogen-bond donors (Lipinski definition) is 0. The molecule has 0 spiro atoms. The van der Waals surface area contributed by atoms with E-state index in [1.807, 2.05) is 24.3 Å². The third-order valence-electron chi connectivity index (χ3n) is 7.45. The molecule has 1 aliphatic carbocycles. The molecular weight excluding hydrogens is 460 g/mol. The fourth-order valence-electron chi connectivity index (χ4n) is 5.47. The van der Waals surface area contributed by atoms with Crippen LogP contribution in [0.4, 0.5) is 0 Å². The lowest BCUT2D eigenvalue weighted by Crippen LogP contribution is -2.14. The summed E-state index contributed by atoms with van der Waals surface area (Å²) in [5.74, 6) is 0. The highest BCUT2D eigenvalue weighted by Gasteiger charge is 2.37. The number of hydrogen-bond acceptors (Lipinski definition) is 1. The van der Waals surface area contributed by atoms with Gasteiger partial charge in [0.1, 0.15) is 11.2 Å².